The van der Waals surface area contributed by atoms with Crippen molar-refractivity contribution in [2.75, 3.05) is 10.7 Å². The van der Waals surface area contributed by atoms with Crippen LogP contribution in [0.25, 0.3) is 0 Å². The van der Waals surface area contributed by atoms with E-state index in [0.717, 1.165) is 10.3 Å². The number of nitrogen functional groups attached to an aromatic ring is 1. The fourth-order valence-electron chi connectivity index (χ4n) is 1.15. The summed E-state index contributed by atoms with van der Waals surface area (Å²) in [4.78, 5) is 9.42. The molecule has 0 aromatic carbocycles. The van der Waals surface area contributed by atoms with Crippen molar-refractivity contribution in [3.63, 3.8) is 0 Å². The zero-order chi connectivity index (χ0) is 11.4. The third-order valence-electron chi connectivity index (χ3n) is 1.86. The van der Waals surface area contributed by atoms with Gasteiger partial charge in [0.1, 0.15) is 5.82 Å². The lowest BCUT2D eigenvalue weighted by molar-refractivity contribution is 1.09. The molecule has 0 saturated heterocycles. The molecule has 0 saturated carbocycles. The van der Waals surface area contributed by atoms with Crippen LogP contribution in [0.2, 0.25) is 0 Å². The Balaban J connectivity index is 1.99. The van der Waals surface area contributed by atoms with E-state index in [4.69, 9.17) is 5.84 Å². The minimum Gasteiger partial charge on any atom is -0.364 e. The summed E-state index contributed by atoms with van der Waals surface area (Å²) in [6.07, 6.45) is 3.22. The SMILES string of the molecule is NNc1cncc(NCc2ccc(Br)s2)n1. The van der Waals surface area contributed by atoms with E-state index in [9.17, 15) is 0 Å². The number of thiophene rings is 1. The van der Waals surface area contributed by atoms with Crippen LogP contribution in [0, 0.1) is 0 Å². The first-order valence-corrected chi connectivity index (χ1v) is 6.15. The largest absolute Gasteiger partial charge is 0.364 e. The minimum absolute atomic E-state index is 0.539. The lowest BCUT2D eigenvalue weighted by Crippen LogP contribution is -2.10. The zero-order valence-electron chi connectivity index (χ0n) is 8.27. The van der Waals surface area contributed by atoms with Gasteiger partial charge < -0.3 is 10.7 Å². The first-order chi connectivity index (χ1) is 7.78. The number of hydrazine groups is 1. The Kier molecular flexibility index (Phi) is 3.70. The molecule has 2 aromatic heterocycles. The predicted molar refractivity (Wildman–Crippen MR) is 69.2 cm³/mol. The van der Waals surface area contributed by atoms with Gasteiger partial charge in [-0.2, -0.15) is 0 Å². The van der Waals surface area contributed by atoms with Crippen LogP contribution < -0.4 is 16.6 Å². The summed E-state index contributed by atoms with van der Waals surface area (Å²) in [5, 5.41) is 3.17. The maximum Gasteiger partial charge on any atom is 0.160 e. The second kappa shape index (κ2) is 5.24. The molecule has 0 radical (unpaired) electrons. The number of anilines is 2. The molecule has 0 amide bonds. The van der Waals surface area contributed by atoms with Gasteiger partial charge in [0.25, 0.3) is 0 Å². The molecule has 0 spiro atoms. The van der Waals surface area contributed by atoms with E-state index in [1.807, 2.05) is 6.07 Å². The summed E-state index contributed by atoms with van der Waals surface area (Å²) in [5.74, 6) is 6.48. The molecule has 7 heteroatoms. The summed E-state index contributed by atoms with van der Waals surface area (Å²) in [6, 6.07) is 4.07. The lowest BCUT2D eigenvalue weighted by Gasteiger charge is -2.04. The second-order valence-corrected chi connectivity index (χ2v) is 5.54. The Morgan fingerprint density at radius 1 is 1.31 bits per heavy atom. The number of nitrogens with two attached hydrogens (primary N) is 1. The third kappa shape index (κ3) is 2.91. The van der Waals surface area contributed by atoms with Crippen molar-refractivity contribution < 1.29 is 0 Å². The minimum atomic E-state index is 0.539. The quantitative estimate of drug-likeness (QED) is 0.596. The molecule has 2 heterocycles. The highest BCUT2D eigenvalue weighted by molar-refractivity contribution is 9.11. The van der Waals surface area contributed by atoms with Crippen LogP contribution in [0.15, 0.2) is 28.3 Å². The highest BCUT2D eigenvalue weighted by Crippen LogP contribution is 2.22. The molecule has 0 bridgehead atoms. The van der Waals surface area contributed by atoms with Gasteiger partial charge in [0.05, 0.1) is 22.7 Å². The van der Waals surface area contributed by atoms with Gasteiger partial charge in [-0.1, -0.05) is 0 Å². The molecule has 5 nitrogen and oxygen atoms in total. The Morgan fingerprint density at radius 3 is 2.81 bits per heavy atom. The number of nitrogens with zero attached hydrogens (tertiary/aromatic N) is 2. The van der Waals surface area contributed by atoms with Crippen molar-refractivity contribution in [2.24, 2.45) is 5.84 Å². The van der Waals surface area contributed by atoms with E-state index in [1.54, 1.807) is 23.7 Å². The van der Waals surface area contributed by atoms with Gasteiger partial charge in [-0.25, -0.2) is 10.8 Å². The van der Waals surface area contributed by atoms with Crippen molar-refractivity contribution in [1.29, 1.82) is 0 Å². The number of halogens is 1. The summed E-state index contributed by atoms with van der Waals surface area (Å²) in [6.45, 7) is 0.721. The van der Waals surface area contributed by atoms with Gasteiger partial charge in [0.2, 0.25) is 0 Å². The van der Waals surface area contributed by atoms with Crippen LogP contribution in [0.5, 0.6) is 0 Å². The van der Waals surface area contributed by atoms with E-state index in [2.05, 4.69) is 42.7 Å². The van der Waals surface area contributed by atoms with Crippen LogP contribution >= 0.6 is 27.3 Å². The van der Waals surface area contributed by atoms with Gasteiger partial charge in [0.15, 0.2) is 5.82 Å². The van der Waals surface area contributed by atoms with Crippen LogP contribution in [0.1, 0.15) is 4.88 Å². The maximum absolute atomic E-state index is 5.24. The molecular formula is C9H10BrN5S. The van der Waals surface area contributed by atoms with Crippen LogP contribution in [0.3, 0.4) is 0 Å². The van der Waals surface area contributed by atoms with Gasteiger partial charge >= 0.3 is 0 Å². The monoisotopic (exact) mass is 299 g/mol. The lowest BCUT2D eigenvalue weighted by atomic mass is 10.4. The van der Waals surface area contributed by atoms with Crippen molar-refractivity contribution >= 4 is 38.9 Å². The summed E-state index contributed by atoms with van der Waals surface area (Å²) < 4.78 is 1.12. The molecule has 0 atom stereocenters. The average Bonchev–Trinajstić information content (AvgIpc) is 2.73. The number of rotatable bonds is 4. The van der Waals surface area contributed by atoms with Crippen molar-refractivity contribution in [1.82, 2.24) is 9.97 Å². The Morgan fingerprint density at radius 2 is 2.12 bits per heavy atom. The predicted octanol–water partition coefficient (Wildman–Crippen LogP) is 2.20. The highest BCUT2D eigenvalue weighted by Gasteiger charge is 1.99. The average molecular weight is 300 g/mol. The molecular weight excluding hydrogens is 290 g/mol. The fraction of sp³-hybridized carbons (Fsp3) is 0.111. The molecule has 2 aromatic rings. The van der Waals surface area contributed by atoms with Gasteiger partial charge in [-0.3, -0.25) is 4.98 Å². The summed E-state index contributed by atoms with van der Waals surface area (Å²) in [5.41, 5.74) is 2.45. The highest BCUT2D eigenvalue weighted by atomic mass is 79.9. The topological polar surface area (TPSA) is 75.9 Å². The number of aromatic nitrogens is 2. The second-order valence-electron chi connectivity index (χ2n) is 2.99. The van der Waals surface area contributed by atoms with Crippen molar-refractivity contribution in [3.05, 3.63) is 33.2 Å². The Bertz CT molecular complexity index is 472. The van der Waals surface area contributed by atoms with Crippen LogP contribution in [-0.2, 0) is 6.54 Å². The third-order valence-corrected chi connectivity index (χ3v) is 3.48. The van der Waals surface area contributed by atoms with E-state index in [-0.39, 0.29) is 0 Å². The van der Waals surface area contributed by atoms with Crippen molar-refractivity contribution in [2.45, 2.75) is 6.54 Å². The zero-order valence-corrected chi connectivity index (χ0v) is 10.7. The van der Waals surface area contributed by atoms with Gasteiger partial charge in [-0.15, -0.1) is 11.3 Å². The summed E-state index contributed by atoms with van der Waals surface area (Å²) in [7, 11) is 0. The fourth-order valence-corrected chi connectivity index (χ4v) is 2.57. The smallest absolute Gasteiger partial charge is 0.160 e. The molecule has 84 valence electrons. The van der Waals surface area contributed by atoms with Gasteiger partial charge in [0, 0.05) is 4.88 Å². The number of nitrogens with one attached hydrogen (secondary N) is 2. The molecule has 4 N–H and O–H groups in total. The number of hydrogen-bond donors (Lipinski definition) is 3. The van der Waals surface area contributed by atoms with Crippen molar-refractivity contribution in [3.8, 4) is 0 Å². The normalized spacial score (nSPS) is 10.1. The Hall–Kier alpha value is -1.18. The van der Waals surface area contributed by atoms with E-state index in [1.165, 1.54) is 4.88 Å². The molecule has 16 heavy (non-hydrogen) atoms. The Labute approximate surface area is 105 Å². The summed E-state index contributed by atoms with van der Waals surface area (Å²) >= 11 is 5.10. The van der Waals surface area contributed by atoms with E-state index < -0.39 is 0 Å². The molecule has 0 fully saturated rings. The molecule has 2 rings (SSSR count). The van der Waals surface area contributed by atoms with Gasteiger partial charge in [-0.05, 0) is 28.1 Å². The molecule has 0 aliphatic carbocycles. The van der Waals surface area contributed by atoms with E-state index >= 15 is 0 Å². The first-order valence-electron chi connectivity index (χ1n) is 4.54. The first kappa shape index (κ1) is 11.3. The molecule has 0 unspecified atom stereocenters. The standard InChI is InChI=1S/C9H10BrN5S/c10-7-2-1-6(16-7)3-13-8-4-12-5-9(14-8)15-11/h1-2,4-5H,3,11H2,(H2,13,14,15). The van der Waals surface area contributed by atoms with E-state index in [0.29, 0.717) is 11.6 Å². The maximum atomic E-state index is 5.24. The van der Waals surface area contributed by atoms with Crippen LogP contribution in [-0.4, -0.2) is 9.97 Å². The molecule has 0 aliphatic heterocycles. The van der Waals surface area contributed by atoms with Crippen LogP contribution in [0.4, 0.5) is 11.6 Å². The number of hydrogen-bond acceptors (Lipinski definition) is 6. The molecule has 0 aliphatic rings.